The van der Waals surface area contributed by atoms with Crippen LogP contribution in [0.4, 0.5) is 31.9 Å². The van der Waals surface area contributed by atoms with Gasteiger partial charge in [-0.25, -0.2) is 13.8 Å². The van der Waals surface area contributed by atoms with Crippen molar-refractivity contribution in [2.45, 2.75) is 26.2 Å². The zero-order valence-electron chi connectivity index (χ0n) is 25.6. The second kappa shape index (κ2) is 16.3. The Labute approximate surface area is 253 Å². The average Bonchev–Trinajstić information content (AvgIpc) is 2.94. The molecule has 1 heterocycles. The normalized spacial score (nSPS) is 11.0. The van der Waals surface area contributed by atoms with Crippen LogP contribution in [0.2, 0.25) is 0 Å². The fraction of sp³-hybridized carbons (Fsp3) is 0.375. The number of halogens is 2. The SMILES string of the molecule is C=C(NCC#Cc1cnc(Nc2cccc(C)c2)nc1NCCCNC)Nc1ccc(OCCN(C)C)c(C(C)(F)F)c1. The molecule has 9 nitrogen and oxygen atoms in total. The topological polar surface area (TPSA) is 98.4 Å². The van der Waals surface area contributed by atoms with Crippen LogP contribution in [-0.2, 0) is 5.92 Å². The Bertz CT molecular complexity index is 1410. The minimum absolute atomic E-state index is 0.155. The van der Waals surface area contributed by atoms with Crippen molar-refractivity contribution < 1.29 is 13.5 Å². The summed E-state index contributed by atoms with van der Waals surface area (Å²) in [4.78, 5) is 11.0. The summed E-state index contributed by atoms with van der Waals surface area (Å²) in [5.74, 6) is 4.76. The van der Waals surface area contributed by atoms with E-state index in [1.54, 1.807) is 18.3 Å². The number of benzene rings is 2. The summed E-state index contributed by atoms with van der Waals surface area (Å²) in [7, 11) is 5.70. The third kappa shape index (κ3) is 11.4. The fourth-order valence-electron chi connectivity index (χ4n) is 3.92. The lowest BCUT2D eigenvalue weighted by molar-refractivity contribution is 0.0144. The molecule has 0 spiro atoms. The first-order valence-corrected chi connectivity index (χ1v) is 14.1. The van der Waals surface area contributed by atoms with E-state index in [0.717, 1.165) is 31.1 Å². The van der Waals surface area contributed by atoms with E-state index in [0.29, 0.717) is 48.5 Å². The van der Waals surface area contributed by atoms with Crippen LogP contribution in [0.25, 0.3) is 0 Å². The molecule has 0 aliphatic rings. The summed E-state index contributed by atoms with van der Waals surface area (Å²) in [5, 5.41) is 15.8. The van der Waals surface area contributed by atoms with Crippen LogP contribution in [0.1, 0.15) is 30.0 Å². The molecule has 0 bridgehead atoms. The number of aromatic nitrogens is 2. The highest BCUT2D eigenvalue weighted by Crippen LogP contribution is 2.36. The third-order valence-electron chi connectivity index (χ3n) is 6.12. The number of hydrogen-bond acceptors (Lipinski definition) is 9. The summed E-state index contributed by atoms with van der Waals surface area (Å²) in [6.45, 7) is 9.59. The predicted molar refractivity (Wildman–Crippen MR) is 171 cm³/mol. The molecule has 0 amide bonds. The fourth-order valence-corrected chi connectivity index (χ4v) is 3.92. The number of nitrogens with one attached hydrogen (secondary N) is 5. The molecule has 0 fully saturated rings. The largest absolute Gasteiger partial charge is 0.492 e. The van der Waals surface area contributed by atoms with Crippen molar-refractivity contribution in [1.29, 1.82) is 0 Å². The van der Waals surface area contributed by atoms with Gasteiger partial charge in [-0.05, 0) is 76.9 Å². The molecule has 11 heteroatoms. The Morgan fingerprint density at radius 2 is 1.93 bits per heavy atom. The molecule has 0 aliphatic carbocycles. The first-order valence-electron chi connectivity index (χ1n) is 14.1. The molecule has 0 unspecified atom stereocenters. The summed E-state index contributed by atoms with van der Waals surface area (Å²) in [5.41, 5.74) is 2.95. The Balaban J connectivity index is 1.64. The molecule has 0 saturated heterocycles. The van der Waals surface area contributed by atoms with Crippen LogP contribution in [0.3, 0.4) is 0 Å². The van der Waals surface area contributed by atoms with Gasteiger partial charge in [0.05, 0.1) is 29.7 Å². The number of hydrogen-bond donors (Lipinski definition) is 5. The molecule has 3 aromatic rings. The van der Waals surface area contributed by atoms with E-state index in [1.807, 2.05) is 57.2 Å². The number of anilines is 4. The van der Waals surface area contributed by atoms with Gasteiger partial charge < -0.3 is 36.2 Å². The Kier molecular flexibility index (Phi) is 12.5. The first-order chi connectivity index (χ1) is 20.5. The third-order valence-corrected chi connectivity index (χ3v) is 6.12. The molecule has 1 aromatic heterocycles. The lowest BCUT2D eigenvalue weighted by atomic mass is 10.1. The zero-order chi connectivity index (χ0) is 31.2. The Morgan fingerprint density at radius 1 is 1.12 bits per heavy atom. The number of aryl methyl sites for hydroxylation is 1. The van der Waals surface area contributed by atoms with Gasteiger partial charge in [-0.2, -0.15) is 4.98 Å². The molecule has 3 rings (SSSR count). The van der Waals surface area contributed by atoms with Gasteiger partial charge >= 0.3 is 0 Å². The minimum atomic E-state index is -3.07. The minimum Gasteiger partial charge on any atom is -0.492 e. The molecule has 5 N–H and O–H groups in total. The zero-order valence-corrected chi connectivity index (χ0v) is 25.6. The second-order valence-corrected chi connectivity index (χ2v) is 10.3. The lowest BCUT2D eigenvalue weighted by Gasteiger charge is -2.19. The number of likely N-dealkylation sites (N-methyl/N-ethyl adjacent to an activating group) is 1. The first kappa shape index (κ1) is 33.1. The van der Waals surface area contributed by atoms with Crippen molar-refractivity contribution in [1.82, 2.24) is 25.5 Å². The maximum atomic E-state index is 14.3. The van der Waals surface area contributed by atoms with Gasteiger partial charge in [-0.15, -0.1) is 0 Å². The molecule has 0 atom stereocenters. The average molecular weight is 593 g/mol. The van der Waals surface area contributed by atoms with Gasteiger partial charge in [-0.3, -0.25) is 0 Å². The van der Waals surface area contributed by atoms with Crippen molar-refractivity contribution in [3.05, 3.63) is 77.8 Å². The maximum absolute atomic E-state index is 14.3. The highest BCUT2D eigenvalue weighted by atomic mass is 19.3. The van der Waals surface area contributed by atoms with Crippen LogP contribution in [0, 0.1) is 18.8 Å². The summed E-state index contributed by atoms with van der Waals surface area (Å²) in [6, 6.07) is 12.6. The maximum Gasteiger partial charge on any atom is 0.274 e. The van der Waals surface area contributed by atoms with Gasteiger partial charge in [0.2, 0.25) is 5.95 Å². The molecule has 2 aromatic carbocycles. The van der Waals surface area contributed by atoms with Crippen molar-refractivity contribution in [2.75, 3.05) is 69.9 Å². The van der Waals surface area contributed by atoms with Crippen LogP contribution >= 0.6 is 0 Å². The van der Waals surface area contributed by atoms with Gasteiger partial charge in [0, 0.05) is 31.4 Å². The van der Waals surface area contributed by atoms with Crippen molar-refractivity contribution >= 4 is 23.1 Å². The molecule has 0 aliphatic heterocycles. The predicted octanol–water partition coefficient (Wildman–Crippen LogP) is 5.13. The Hall–Kier alpha value is -4.40. The standard InChI is InChI=1S/C32H42F2N8O/c1-23-10-7-12-26(20-23)40-31-38-22-25(30(41-31)37-17-9-15-35-4)11-8-16-36-24(2)39-27-13-14-29(43-19-18-42(5)6)28(21-27)32(3,33)34/h7,10,12-14,20-22,35-36,39H,2,9,15-19H2,1,3-6H3,(H2,37,38,40,41). The van der Waals surface area contributed by atoms with Crippen LogP contribution in [0.15, 0.2) is 61.1 Å². The van der Waals surface area contributed by atoms with Crippen molar-refractivity contribution in [3.8, 4) is 17.6 Å². The van der Waals surface area contributed by atoms with Crippen molar-refractivity contribution in [2.24, 2.45) is 0 Å². The highest BCUT2D eigenvalue weighted by Gasteiger charge is 2.29. The Morgan fingerprint density at radius 3 is 2.65 bits per heavy atom. The molecule has 230 valence electrons. The summed E-state index contributed by atoms with van der Waals surface area (Å²) in [6.07, 6.45) is 2.59. The van der Waals surface area contributed by atoms with E-state index in [2.05, 4.69) is 55.0 Å². The van der Waals surface area contributed by atoms with E-state index in [9.17, 15) is 8.78 Å². The van der Waals surface area contributed by atoms with Gasteiger partial charge in [-0.1, -0.05) is 30.6 Å². The molecular weight excluding hydrogens is 550 g/mol. The lowest BCUT2D eigenvalue weighted by Crippen LogP contribution is -2.21. The number of nitrogens with zero attached hydrogens (tertiary/aromatic N) is 3. The second-order valence-electron chi connectivity index (χ2n) is 10.3. The van der Waals surface area contributed by atoms with Gasteiger partial charge in [0.15, 0.2) is 0 Å². The van der Waals surface area contributed by atoms with E-state index in [4.69, 9.17) is 4.74 Å². The summed E-state index contributed by atoms with van der Waals surface area (Å²) >= 11 is 0. The number of rotatable bonds is 16. The van der Waals surface area contributed by atoms with E-state index in [-0.39, 0.29) is 17.9 Å². The van der Waals surface area contributed by atoms with Crippen LogP contribution in [0.5, 0.6) is 5.75 Å². The monoisotopic (exact) mass is 592 g/mol. The quantitative estimate of drug-likeness (QED) is 0.115. The molecular formula is C32H42F2N8O. The smallest absolute Gasteiger partial charge is 0.274 e. The summed E-state index contributed by atoms with van der Waals surface area (Å²) < 4.78 is 34.3. The molecule has 43 heavy (non-hydrogen) atoms. The molecule has 0 radical (unpaired) electrons. The van der Waals surface area contributed by atoms with E-state index >= 15 is 0 Å². The van der Waals surface area contributed by atoms with Crippen LogP contribution < -0.4 is 31.3 Å². The van der Waals surface area contributed by atoms with E-state index in [1.165, 1.54) is 6.07 Å². The number of alkyl halides is 2. The number of ether oxygens (including phenoxy) is 1. The molecule has 0 saturated carbocycles. The van der Waals surface area contributed by atoms with Crippen LogP contribution in [-0.4, -0.2) is 68.8 Å². The highest BCUT2D eigenvalue weighted by molar-refractivity contribution is 5.60. The van der Waals surface area contributed by atoms with E-state index < -0.39 is 5.92 Å². The van der Waals surface area contributed by atoms with Crippen molar-refractivity contribution in [3.63, 3.8) is 0 Å². The van der Waals surface area contributed by atoms with Gasteiger partial charge in [0.1, 0.15) is 18.2 Å². The van der Waals surface area contributed by atoms with Gasteiger partial charge in [0.25, 0.3) is 5.92 Å².